The van der Waals surface area contributed by atoms with Gasteiger partial charge in [-0.2, -0.15) is 15.6 Å². The first-order valence-corrected chi connectivity index (χ1v) is 7.27. The average Bonchev–Trinajstić information content (AvgIpc) is 3.01. The molecule has 0 spiro atoms. The Balaban J connectivity index is 1.79. The quantitative estimate of drug-likeness (QED) is 0.800. The predicted molar refractivity (Wildman–Crippen MR) is 86.8 cm³/mol. The zero-order chi connectivity index (χ0) is 16.2. The van der Waals surface area contributed by atoms with Gasteiger partial charge < -0.3 is 4.74 Å². The van der Waals surface area contributed by atoms with Gasteiger partial charge in [0.05, 0.1) is 0 Å². The molecule has 1 heterocycles. The molecule has 0 atom stereocenters. The Bertz CT molecular complexity index is 856. The number of rotatable bonds is 4. The van der Waals surface area contributed by atoms with Crippen molar-refractivity contribution in [2.45, 2.75) is 20.5 Å². The summed E-state index contributed by atoms with van der Waals surface area (Å²) >= 11 is 0. The van der Waals surface area contributed by atoms with Gasteiger partial charge in [0.15, 0.2) is 5.69 Å². The van der Waals surface area contributed by atoms with E-state index in [1.807, 2.05) is 42.5 Å². The lowest BCUT2D eigenvalue weighted by molar-refractivity contribution is 0.306. The first kappa shape index (κ1) is 14.8. The van der Waals surface area contributed by atoms with Gasteiger partial charge in [-0.3, -0.25) is 0 Å². The van der Waals surface area contributed by atoms with E-state index in [1.165, 1.54) is 11.1 Å². The van der Waals surface area contributed by atoms with Crippen LogP contribution in [0.2, 0.25) is 0 Å². The molecule has 0 radical (unpaired) electrons. The Morgan fingerprint density at radius 1 is 1.09 bits per heavy atom. The molecule has 0 unspecified atom stereocenters. The van der Waals surface area contributed by atoms with Gasteiger partial charge in [-0.1, -0.05) is 24.3 Å². The monoisotopic (exact) mass is 304 g/mol. The van der Waals surface area contributed by atoms with Crippen molar-refractivity contribution in [1.82, 2.24) is 15.4 Å². The molecule has 1 aromatic heterocycles. The standard InChI is InChI=1S/C18H16N4O/c1-12-6-13(2)8-16(7-12)23-11-14-4-3-5-15(9-14)18-17(10-19)20-22-21-18/h3-9H,11H2,1-2H3,(H,20,21,22). The van der Waals surface area contributed by atoms with Crippen LogP contribution in [-0.2, 0) is 6.61 Å². The SMILES string of the molecule is Cc1cc(C)cc(OCc2cccc(-c3n[nH]nc3C#N)c2)c1. The summed E-state index contributed by atoms with van der Waals surface area (Å²) in [5.74, 6) is 0.854. The molecule has 5 nitrogen and oxygen atoms in total. The summed E-state index contributed by atoms with van der Waals surface area (Å²) in [4.78, 5) is 0. The number of hydrogen-bond donors (Lipinski definition) is 1. The lowest BCUT2D eigenvalue weighted by Crippen LogP contribution is -1.97. The smallest absolute Gasteiger partial charge is 0.190 e. The minimum absolute atomic E-state index is 0.289. The van der Waals surface area contributed by atoms with E-state index < -0.39 is 0 Å². The van der Waals surface area contributed by atoms with E-state index >= 15 is 0 Å². The highest BCUT2D eigenvalue weighted by molar-refractivity contribution is 5.64. The van der Waals surface area contributed by atoms with Gasteiger partial charge in [-0.15, -0.1) is 5.10 Å². The normalized spacial score (nSPS) is 10.3. The second-order valence-corrected chi connectivity index (χ2v) is 5.45. The Labute approximate surface area is 134 Å². The molecule has 3 rings (SSSR count). The van der Waals surface area contributed by atoms with E-state index in [1.54, 1.807) is 0 Å². The van der Waals surface area contributed by atoms with E-state index in [2.05, 4.69) is 35.3 Å². The van der Waals surface area contributed by atoms with Crippen molar-refractivity contribution < 1.29 is 4.74 Å². The number of aryl methyl sites for hydroxylation is 2. The zero-order valence-corrected chi connectivity index (χ0v) is 13.0. The van der Waals surface area contributed by atoms with Gasteiger partial charge in [0.1, 0.15) is 24.1 Å². The molecule has 3 aromatic rings. The van der Waals surface area contributed by atoms with Crippen molar-refractivity contribution in [3.05, 3.63) is 64.8 Å². The molecule has 5 heteroatoms. The topological polar surface area (TPSA) is 74.6 Å². The average molecular weight is 304 g/mol. The summed E-state index contributed by atoms with van der Waals surface area (Å²) < 4.78 is 5.87. The zero-order valence-electron chi connectivity index (χ0n) is 13.0. The first-order chi connectivity index (χ1) is 11.2. The molecule has 23 heavy (non-hydrogen) atoms. The van der Waals surface area contributed by atoms with Crippen LogP contribution in [0.5, 0.6) is 5.75 Å². The summed E-state index contributed by atoms with van der Waals surface area (Å²) in [5, 5.41) is 19.4. The number of aromatic amines is 1. The molecule has 0 bridgehead atoms. The second kappa shape index (κ2) is 6.32. The van der Waals surface area contributed by atoms with Crippen molar-refractivity contribution in [3.8, 4) is 23.1 Å². The molecule has 0 aliphatic rings. The van der Waals surface area contributed by atoms with Crippen LogP contribution in [0.3, 0.4) is 0 Å². The third kappa shape index (κ3) is 3.38. The molecule has 0 aliphatic carbocycles. The molecule has 0 aliphatic heterocycles. The number of aromatic nitrogens is 3. The molecular weight excluding hydrogens is 288 g/mol. The number of nitrogens with zero attached hydrogens (tertiary/aromatic N) is 3. The second-order valence-electron chi connectivity index (χ2n) is 5.45. The first-order valence-electron chi connectivity index (χ1n) is 7.27. The largest absolute Gasteiger partial charge is 0.489 e. The molecule has 0 fully saturated rings. The summed E-state index contributed by atoms with van der Waals surface area (Å²) in [6, 6.07) is 15.9. The molecular formula is C18H16N4O. The Hall–Kier alpha value is -3.13. The Kier molecular flexibility index (Phi) is 4.07. The number of nitriles is 1. The van der Waals surface area contributed by atoms with Crippen LogP contribution < -0.4 is 4.74 Å². The lowest BCUT2D eigenvalue weighted by Gasteiger charge is -2.09. The maximum Gasteiger partial charge on any atom is 0.190 e. The minimum Gasteiger partial charge on any atom is -0.489 e. The predicted octanol–water partition coefficient (Wildman–Crippen LogP) is 3.54. The number of H-pyrrole nitrogens is 1. The van der Waals surface area contributed by atoms with Crippen LogP contribution in [0, 0.1) is 25.2 Å². The van der Waals surface area contributed by atoms with Gasteiger partial charge in [0, 0.05) is 5.56 Å². The van der Waals surface area contributed by atoms with E-state index in [0.29, 0.717) is 12.3 Å². The van der Waals surface area contributed by atoms with Gasteiger partial charge in [0.25, 0.3) is 0 Å². The summed E-state index contributed by atoms with van der Waals surface area (Å²) in [6.07, 6.45) is 0. The molecule has 1 N–H and O–H groups in total. The van der Waals surface area contributed by atoms with Crippen LogP contribution in [0.4, 0.5) is 0 Å². The van der Waals surface area contributed by atoms with Crippen LogP contribution in [-0.4, -0.2) is 15.4 Å². The Morgan fingerprint density at radius 2 is 1.87 bits per heavy atom. The number of hydrogen-bond acceptors (Lipinski definition) is 4. The van der Waals surface area contributed by atoms with E-state index in [4.69, 9.17) is 10.00 Å². The van der Waals surface area contributed by atoms with E-state index in [0.717, 1.165) is 16.9 Å². The van der Waals surface area contributed by atoms with Gasteiger partial charge >= 0.3 is 0 Å². The maximum absolute atomic E-state index is 9.04. The fraction of sp³-hybridized carbons (Fsp3) is 0.167. The van der Waals surface area contributed by atoms with Gasteiger partial charge in [0.2, 0.25) is 0 Å². The third-order valence-electron chi connectivity index (χ3n) is 3.45. The fourth-order valence-electron chi connectivity index (χ4n) is 2.50. The highest BCUT2D eigenvalue weighted by Gasteiger charge is 2.10. The molecule has 114 valence electrons. The van der Waals surface area contributed by atoms with Crippen LogP contribution in [0.25, 0.3) is 11.3 Å². The van der Waals surface area contributed by atoms with Crippen molar-refractivity contribution >= 4 is 0 Å². The van der Waals surface area contributed by atoms with Crippen molar-refractivity contribution in [3.63, 3.8) is 0 Å². The molecule has 0 saturated carbocycles. The number of nitrogens with one attached hydrogen (secondary N) is 1. The maximum atomic E-state index is 9.04. The van der Waals surface area contributed by atoms with Gasteiger partial charge in [-0.25, -0.2) is 0 Å². The summed E-state index contributed by atoms with van der Waals surface area (Å²) in [5.41, 5.74) is 5.05. The molecule has 0 amide bonds. The lowest BCUT2D eigenvalue weighted by atomic mass is 10.1. The Morgan fingerprint density at radius 3 is 2.61 bits per heavy atom. The number of benzene rings is 2. The van der Waals surface area contributed by atoms with Crippen molar-refractivity contribution in [2.24, 2.45) is 0 Å². The van der Waals surface area contributed by atoms with Crippen molar-refractivity contribution in [1.29, 1.82) is 5.26 Å². The third-order valence-corrected chi connectivity index (χ3v) is 3.45. The summed E-state index contributed by atoms with van der Waals surface area (Å²) in [6.45, 7) is 4.55. The minimum atomic E-state index is 0.289. The highest BCUT2D eigenvalue weighted by atomic mass is 16.5. The van der Waals surface area contributed by atoms with Gasteiger partial charge in [-0.05, 0) is 48.7 Å². The van der Waals surface area contributed by atoms with Crippen LogP contribution >= 0.6 is 0 Å². The highest BCUT2D eigenvalue weighted by Crippen LogP contribution is 2.22. The fourth-order valence-corrected chi connectivity index (χ4v) is 2.50. The molecule has 0 saturated heterocycles. The van der Waals surface area contributed by atoms with Crippen LogP contribution in [0.15, 0.2) is 42.5 Å². The summed E-state index contributed by atoms with van der Waals surface area (Å²) in [7, 11) is 0. The van der Waals surface area contributed by atoms with Crippen LogP contribution in [0.1, 0.15) is 22.4 Å². The van der Waals surface area contributed by atoms with Crippen molar-refractivity contribution in [2.75, 3.05) is 0 Å². The van der Waals surface area contributed by atoms with E-state index in [9.17, 15) is 0 Å². The van der Waals surface area contributed by atoms with E-state index in [-0.39, 0.29) is 5.69 Å². The number of ether oxygens (including phenoxy) is 1. The molecule has 2 aromatic carbocycles.